The van der Waals surface area contributed by atoms with E-state index in [1.165, 1.54) is 11.3 Å². The zero-order valence-electron chi connectivity index (χ0n) is 10.1. The zero-order chi connectivity index (χ0) is 13.0. The zero-order valence-corrected chi connectivity index (χ0v) is 10.9. The summed E-state index contributed by atoms with van der Waals surface area (Å²) in [6.45, 7) is 3.87. The van der Waals surface area contributed by atoms with Crippen LogP contribution in [0.1, 0.15) is 18.7 Å². The maximum Gasteiger partial charge on any atom is 0.495 e. The Hall–Kier alpha value is -0.990. The van der Waals surface area contributed by atoms with E-state index in [4.69, 9.17) is 9.47 Å². The van der Waals surface area contributed by atoms with Crippen LogP contribution in [0.5, 0.6) is 0 Å². The second-order valence-electron chi connectivity index (χ2n) is 4.72. The first-order chi connectivity index (χ1) is 8.50. The van der Waals surface area contributed by atoms with Gasteiger partial charge in [-0.1, -0.05) is 6.07 Å². The fraction of sp³-hybridized carbons (Fsp3) is 0.545. The molecule has 0 atom stereocenters. The van der Waals surface area contributed by atoms with Crippen LogP contribution in [0.15, 0.2) is 17.5 Å². The van der Waals surface area contributed by atoms with E-state index >= 15 is 0 Å². The number of hydrogen-bond acceptors (Lipinski definition) is 5. The van der Waals surface area contributed by atoms with Crippen molar-refractivity contribution >= 4 is 17.0 Å². The fourth-order valence-electron chi connectivity index (χ4n) is 2.36. The van der Waals surface area contributed by atoms with Gasteiger partial charge in [0.1, 0.15) is 5.54 Å². The van der Waals surface area contributed by atoms with Gasteiger partial charge < -0.3 is 5.21 Å². The van der Waals surface area contributed by atoms with Crippen LogP contribution >= 0.6 is 11.3 Å². The molecule has 0 N–H and O–H groups in total. The molecule has 7 heteroatoms. The van der Waals surface area contributed by atoms with Crippen molar-refractivity contribution in [1.29, 1.82) is 0 Å². The third-order valence-electron chi connectivity index (χ3n) is 3.22. The Kier molecular flexibility index (Phi) is 2.51. The van der Waals surface area contributed by atoms with Crippen molar-refractivity contribution in [3.05, 3.63) is 27.6 Å². The van der Waals surface area contributed by atoms with Crippen molar-refractivity contribution < 1.29 is 19.4 Å². The molecule has 0 aliphatic carbocycles. The molecule has 1 aromatic rings. The molecule has 2 aliphatic rings. The molecule has 1 fully saturated rings. The number of thiophene rings is 1. The van der Waals surface area contributed by atoms with Crippen LogP contribution in [-0.2, 0) is 14.7 Å². The predicted molar refractivity (Wildman–Crippen MR) is 63.3 cm³/mol. The highest BCUT2D eigenvalue weighted by molar-refractivity contribution is 7.12. The first-order valence-electron chi connectivity index (χ1n) is 5.64. The second-order valence-corrected chi connectivity index (χ2v) is 5.67. The maximum absolute atomic E-state index is 12.4. The van der Waals surface area contributed by atoms with Crippen molar-refractivity contribution in [1.82, 2.24) is 5.06 Å². The molecule has 2 aliphatic heterocycles. The van der Waals surface area contributed by atoms with E-state index in [-0.39, 0.29) is 13.2 Å². The van der Waals surface area contributed by atoms with Gasteiger partial charge in [-0.2, -0.15) is 0 Å². The van der Waals surface area contributed by atoms with Gasteiger partial charge in [-0.05, 0) is 30.4 Å². The van der Waals surface area contributed by atoms with Crippen LogP contribution in [0.3, 0.4) is 0 Å². The van der Waals surface area contributed by atoms with Crippen LogP contribution in [0.4, 0.5) is 0 Å². The minimum absolute atomic E-state index is 0.241. The van der Waals surface area contributed by atoms with Gasteiger partial charge in [0.15, 0.2) is 0 Å². The molecule has 0 amide bonds. The molecule has 1 saturated heterocycles. The number of nitrogens with zero attached hydrogens (tertiary/aromatic N) is 2. The lowest BCUT2D eigenvalue weighted by molar-refractivity contribution is -0.711. The quantitative estimate of drug-likeness (QED) is 0.566. The van der Waals surface area contributed by atoms with E-state index in [1.54, 1.807) is 13.8 Å². The summed E-state index contributed by atoms with van der Waals surface area (Å²) in [4.78, 5) is 0.756. The molecule has 0 saturated carbocycles. The minimum atomic E-state index is -1.84. The molecule has 0 aromatic carbocycles. The predicted octanol–water partition coefficient (Wildman–Crippen LogP) is 1.15. The molecular formula is C11H13N2O4S. The summed E-state index contributed by atoms with van der Waals surface area (Å²) >= 11 is 1.42. The monoisotopic (exact) mass is 269 g/mol. The summed E-state index contributed by atoms with van der Waals surface area (Å²) in [6.07, 6.45) is 0. The van der Waals surface area contributed by atoms with Gasteiger partial charge in [-0.3, -0.25) is 9.47 Å². The molecule has 97 valence electrons. The normalized spacial score (nSPS) is 26.4. The average Bonchev–Trinajstić information content (AvgIpc) is 3.00. The topological polar surface area (TPSA) is 67.7 Å². The van der Waals surface area contributed by atoms with Crippen molar-refractivity contribution in [3.8, 4) is 0 Å². The SMILES string of the molecule is CC1(C)C(c2cccs2)=[N+]([O-])C2(OCCO2)N1[O]. The largest absolute Gasteiger partial charge is 0.618 e. The Labute approximate surface area is 108 Å². The standard InChI is InChI=1S/C11H13N2O4S/c1-10(2)9(8-4-3-7-18-8)12(14)11(13(10)15)16-5-6-17-11/h3-4,7H,5-6H2,1-2H3. The number of rotatable bonds is 1. The molecular weight excluding hydrogens is 256 g/mol. The molecule has 0 bridgehead atoms. The van der Waals surface area contributed by atoms with Crippen molar-refractivity contribution in [2.24, 2.45) is 0 Å². The van der Waals surface area contributed by atoms with Crippen LogP contribution in [0, 0.1) is 5.21 Å². The Balaban J connectivity index is 2.17. The number of hydroxylamine groups is 3. The van der Waals surface area contributed by atoms with Crippen LogP contribution in [-0.4, -0.2) is 40.3 Å². The minimum Gasteiger partial charge on any atom is -0.618 e. The van der Waals surface area contributed by atoms with Crippen molar-refractivity contribution in [3.63, 3.8) is 0 Å². The molecule has 1 aromatic heterocycles. The van der Waals surface area contributed by atoms with Gasteiger partial charge in [0.05, 0.1) is 18.1 Å². The smallest absolute Gasteiger partial charge is 0.495 e. The van der Waals surface area contributed by atoms with E-state index < -0.39 is 11.6 Å². The highest BCUT2D eigenvalue weighted by Crippen LogP contribution is 2.39. The Morgan fingerprint density at radius 1 is 1.44 bits per heavy atom. The molecule has 3 heterocycles. The summed E-state index contributed by atoms with van der Waals surface area (Å²) in [6, 6.07) is 1.81. The summed E-state index contributed by atoms with van der Waals surface area (Å²) < 4.78 is 11.1. The fourth-order valence-corrected chi connectivity index (χ4v) is 3.27. The second kappa shape index (κ2) is 3.75. The van der Waals surface area contributed by atoms with Crippen LogP contribution < -0.4 is 0 Å². The molecule has 6 nitrogen and oxygen atoms in total. The lowest BCUT2D eigenvalue weighted by atomic mass is 9.98. The third kappa shape index (κ3) is 1.33. The van der Waals surface area contributed by atoms with E-state index in [0.29, 0.717) is 15.5 Å². The van der Waals surface area contributed by atoms with E-state index in [0.717, 1.165) is 4.88 Å². The molecule has 3 rings (SSSR count). The van der Waals surface area contributed by atoms with E-state index in [9.17, 15) is 10.4 Å². The van der Waals surface area contributed by atoms with Crippen LogP contribution in [0.2, 0.25) is 0 Å². The van der Waals surface area contributed by atoms with Gasteiger partial charge >= 0.3 is 6.03 Å². The lowest BCUT2D eigenvalue weighted by Crippen LogP contribution is -2.54. The van der Waals surface area contributed by atoms with Gasteiger partial charge in [-0.25, -0.2) is 0 Å². The Bertz CT molecular complexity index is 491. The average molecular weight is 269 g/mol. The highest BCUT2D eigenvalue weighted by atomic mass is 32.1. The molecule has 0 unspecified atom stereocenters. The van der Waals surface area contributed by atoms with E-state index in [2.05, 4.69) is 0 Å². The number of ether oxygens (including phenoxy) is 2. The van der Waals surface area contributed by atoms with E-state index in [1.807, 2.05) is 17.5 Å². The first-order valence-corrected chi connectivity index (χ1v) is 6.52. The first kappa shape index (κ1) is 12.1. The molecule has 1 radical (unpaired) electrons. The van der Waals surface area contributed by atoms with Gasteiger partial charge in [0.2, 0.25) is 5.71 Å². The summed E-state index contributed by atoms with van der Waals surface area (Å²) in [7, 11) is 0. The van der Waals surface area contributed by atoms with Crippen molar-refractivity contribution in [2.75, 3.05) is 13.2 Å². The third-order valence-corrected chi connectivity index (χ3v) is 4.10. The lowest BCUT2D eigenvalue weighted by Gasteiger charge is -2.26. The summed E-state index contributed by atoms with van der Waals surface area (Å²) in [5.74, 6) is 0. The van der Waals surface area contributed by atoms with Gasteiger partial charge in [-0.15, -0.1) is 21.3 Å². The molecule has 18 heavy (non-hydrogen) atoms. The van der Waals surface area contributed by atoms with Gasteiger partial charge in [0, 0.05) is 0 Å². The molecule has 1 spiro atoms. The summed E-state index contributed by atoms with van der Waals surface area (Å²) in [5, 5.41) is 27.3. The Morgan fingerprint density at radius 3 is 2.67 bits per heavy atom. The van der Waals surface area contributed by atoms with Crippen molar-refractivity contribution in [2.45, 2.75) is 25.4 Å². The highest BCUT2D eigenvalue weighted by Gasteiger charge is 2.68. The maximum atomic E-state index is 12.4. The van der Waals surface area contributed by atoms with Gasteiger partial charge in [0.25, 0.3) is 0 Å². The van der Waals surface area contributed by atoms with Crippen LogP contribution in [0.25, 0.3) is 0 Å². The summed E-state index contributed by atoms with van der Waals surface area (Å²) in [5.41, 5.74) is -0.605. The number of hydrogen-bond donors (Lipinski definition) is 0. The Morgan fingerprint density at radius 2 is 2.11 bits per heavy atom.